The van der Waals surface area contributed by atoms with E-state index in [2.05, 4.69) is 26.0 Å². The van der Waals surface area contributed by atoms with Gasteiger partial charge in [0.2, 0.25) is 0 Å². The number of nitrogens with zero attached hydrogens (tertiary/aromatic N) is 2. The van der Waals surface area contributed by atoms with Crippen LogP contribution in [0.4, 0.5) is 0 Å². The second kappa shape index (κ2) is 2.77. The highest BCUT2D eigenvalue weighted by atomic mass is 79.9. The maximum absolute atomic E-state index is 5.00. The molecule has 0 spiro atoms. The SMILES string of the molecule is NN=C1N=CC=CC1Br. The molecule has 0 aromatic heterocycles. The maximum Gasteiger partial charge on any atom is 0.165 e. The van der Waals surface area contributed by atoms with E-state index < -0.39 is 0 Å². The first-order valence-electron chi connectivity index (χ1n) is 2.47. The van der Waals surface area contributed by atoms with Gasteiger partial charge in [0.15, 0.2) is 5.84 Å². The predicted octanol–water partition coefficient (Wildman–Crippen LogP) is 0.663. The van der Waals surface area contributed by atoms with Crippen LogP contribution in [0.15, 0.2) is 22.2 Å². The molecule has 0 saturated heterocycles. The highest BCUT2D eigenvalue weighted by Gasteiger charge is 2.08. The first kappa shape index (κ1) is 6.48. The summed E-state index contributed by atoms with van der Waals surface area (Å²) in [6, 6.07) is 0. The number of aliphatic imine (C=N–C) groups is 1. The lowest BCUT2D eigenvalue weighted by Crippen LogP contribution is -2.13. The lowest BCUT2D eigenvalue weighted by atomic mass is 10.3. The third-order valence-corrected chi connectivity index (χ3v) is 1.67. The number of alkyl halides is 1. The fourth-order valence-corrected chi connectivity index (χ4v) is 0.941. The van der Waals surface area contributed by atoms with Crippen LogP contribution in [0.2, 0.25) is 0 Å². The number of nitrogens with two attached hydrogens (primary N) is 1. The van der Waals surface area contributed by atoms with Gasteiger partial charge < -0.3 is 5.84 Å². The highest BCUT2D eigenvalue weighted by Crippen LogP contribution is 2.07. The van der Waals surface area contributed by atoms with E-state index in [4.69, 9.17) is 5.84 Å². The zero-order valence-electron chi connectivity index (χ0n) is 4.66. The maximum atomic E-state index is 5.00. The molecule has 0 aliphatic carbocycles. The van der Waals surface area contributed by atoms with Crippen molar-refractivity contribution in [2.24, 2.45) is 15.9 Å². The highest BCUT2D eigenvalue weighted by molar-refractivity contribution is 9.10. The third-order valence-electron chi connectivity index (χ3n) is 0.952. The first-order valence-corrected chi connectivity index (χ1v) is 3.39. The summed E-state index contributed by atoms with van der Waals surface area (Å²) in [5.41, 5.74) is 0. The second-order valence-corrected chi connectivity index (χ2v) is 2.54. The number of halogens is 1. The number of hydrazone groups is 1. The fraction of sp³-hybridized carbons (Fsp3) is 0.200. The van der Waals surface area contributed by atoms with E-state index in [9.17, 15) is 0 Å². The van der Waals surface area contributed by atoms with Gasteiger partial charge in [0.25, 0.3) is 0 Å². The van der Waals surface area contributed by atoms with Crippen molar-refractivity contribution >= 4 is 28.0 Å². The van der Waals surface area contributed by atoms with E-state index in [1.165, 1.54) is 0 Å². The van der Waals surface area contributed by atoms with Gasteiger partial charge in [0, 0.05) is 6.21 Å². The van der Waals surface area contributed by atoms with E-state index in [1.807, 2.05) is 12.2 Å². The van der Waals surface area contributed by atoms with Crippen LogP contribution in [0.25, 0.3) is 0 Å². The van der Waals surface area contributed by atoms with E-state index in [1.54, 1.807) is 6.21 Å². The molecule has 9 heavy (non-hydrogen) atoms. The Morgan fingerprint density at radius 3 is 3.00 bits per heavy atom. The Morgan fingerprint density at radius 1 is 1.78 bits per heavy atom. The van der Waals surface area contributed by atoms with Gasteiger partial charge >= 0.3 is 0 Å². The van der Waals surface area contributed by atoms with Gasteiger partial charge in [-0.25, -0.2) is 4.99 Å². The normalized spacial score (nSPS) is 29.4. The van der Waals surface area contributed by atoms with Gasteiger partial charge in [0.05, 0.1) is 4.83 Å². The molecule has 0 saturated carbocycles. The van der Waals surface area contributed by atoms with Crippen molar-refractivity contribution in [2.45, 2.75) is 4.83 Å². The number of rotatable bonds is 0. The molecular formula is C5H6BrN3. The fourth-order valence-electron chi connectivity index (χ4n) is 0.528. The predicted molar refractivity (Wildman–Crippen MR) is 42.0 cm³/mol. The number of hydrogen-bond donors (Lipinski definition) is 1. The molecule has 0 aromatic carbocycles. The van der Waals surface area contributed by atoms with Crippen molar-refractivity contribution in [3.63, 3.8) is 0 Å². The average molecular weight is 188 g/mol. The van der Waals surface area contributed by atoms with Gasteiger partial charge in [-0.2, -0.15) is 5.10 Å². The van der Waals surface area contributed by atoms with Crippen LogP contribution in [0.1, 0.15) is 0 Å². The summed E-state index contributed by atoms with van der Waals surface area (Å²) in [5, 5.41) is 3.45. The summed E-state index contributed by atoms with van der Waals surface area (Å²) < 4.78 is 0. The second-order valence-electron chi connectivity index (χ2n) is 1.55. The van der Waals surface area contributed by atoms with Crippen molar-refractivity contribution in [3.8, 4) is 0 Å². The molecule has 48 valence electrons. The Bertz CT molecular complexity index is 183. The molecule has 4 heteroatoms. The number of allylic oxidation sites excluding steroid dienone is 1. The van der Waals surface area contributed by atoms with Crippen molar-refractivity contribution in [1.29, 1.82) is 0 Å². The summed E-state index contributed by atoms with van der Waals surface area (Å²) in [7, 11) is 0. The van der Waals surface area contributed by atoms with Gasteiger partial charge in [-0.15, -0.1) is 0 Å². The Labute approximate surface area is 61.5 Å². The molecular weight excluding hydrogens is 182 g/mol. The summed E-state index contributed by atoms with van der Waals surface area (Å²) in [5.74, 6) is 5.61. The van der Waals surface area contributed by atoms with Crippen molar-refractivity contribution in [2.75, 3.05) is 0 Å². The lowest BCUT2D eigenvalue weighted by Gasteiger charge is -2.04. The van der Waals surface area contributed by atoms with Gasteiger partial charge in [0.1, 0.15) is 0 Å². The van der Waals surface area contributed by atoms with Crippen molar-refractivity contribution in [3.05, 3.63) is 12.2 Å². The molecule has 1 aliphatic rings. The standard InChI is InChI=1S/C5H6BrN3/c6-4-2-1-3-8-5(4)9-7/h1-4H,7H2. The average Bonchev–Trinajstić information content (AvgIpc) is 1.89. The molecule has 1 aliphatic heterocycles. The molecule has 3 nitrogen and oxygen atoms in total. The number of amidine groups is 1. The van der Waals surface area contributed by atoms with Gasteiger partial charge in [-0.3, -0.25) is 0 Å². The van der Waals surface area contributed by atoms with Crippen molar-refractivity contribution in [1.82, 2.24) is 0 Å². The quantitative estimate of drug-likeness (QED) is 0.339. The summed E-state index contributed by atoms with van der Waals surface area (Å²) in [4.78, 5) is 3.97. The van der Waals surface area contributed by atoms with Crippen LogP contribution in [0.5, 0.6) is 0 Å². The summed E-state index contributed by atoms with van der Waals surface area (Å²) in [6.07, 6.45) is 5.41. The van der Waals surface area contributed by atoms with E-state index in [-0.39, 0.29) is 4.83 Å². The molecule has 2 N–H and O–H groups in total. The minimum absolute atomic E-state index is 0.0764. The molecule has 1 rings (SSSR count). The van der Waals surface area contributed by atoms with Crippen LogP contribution < -0.4 is 5.84 Å². The summed E-state index contributed by atoms with van der Waals surface area (Å²) >= 11 is 3.30. The molecule has 0 amide bonds. The van der Waals surface area contributed by atoms with Crippen LogP contribution in [0.3, 0.4) is 0 Å². The first-order chi connectivity index (χ1) is 4.34. The largest absolute Gasteiger partial charge is 0.321 e. The van der Waals surface area contributed by atoms with Gasteiger partial charge in [-0.05, 0) is 6.08 Å². The van der Waals surface area contributed by atoms with Crippen LogP contribution >= 0.6 is 15.9 Å². The minimum atomic E-state index is 0.0764. The third kappa shape index (κ3) is 1.38. The molecule has 1 atom stereocenters. The zero-order chi connectivity index (χ0) is 6.69. The van der Waals surface area contributed by atoms with E-state index >= 15 is 0 Å². The number of hydrogen-bond acceptors (Lipinski definition) is 2. The topological polar surface area (TPSA) is 50.7 Å². The Kier molecular flexibility index (Phi) is 2.00. The van der Waals surface area contributed by atoms with Crippen LogP contribution in [0, 0.1) is 0 Å². The molecule has 0 fully saturated rings. The van der Waals surface area contributed by atoms with E-state index in [0.29, 0.717) is 5.84 Å². The molecule has 1 heterocycles. The van der Waals surface area contributed by atoms with Crippen LogP contribution in [-0.2, 0) is 0 Å². The Hall–Kier alpha value is -0.640. The summed E-state index contributed by atoms with van der Waals surface area (Å²) in [6.45, 7) is 0. The molecule has 0 radical (unpaired) electrons. The Morgan fingerprint density at radius 2 is 2.56 bits per heavy atom. The minimum Gasteiger partial charge on any atom is -0.321 e. The molecule has 0 bridgehead atoms. The monoisotopic (exact) mass is 187 g/mol. The van der Waals surface area contributed by atoms with Gasteiger partial charge in [-0.1, -0.05) is 22.0 Å². The van der Waals surface area contributed by atoms with E-state index in [0.717, 1.165) is 0 Å². The Balaban J connectivity index is 2.78. The zero-order valence-corrected chi connectivity index (χ0v) is 6.25. The van der Waals surface area contributed by atoms with Crippen LogP contribution in [-0.4, -0.2) is 16.9 Å². The molecule has 1 unspecified atom stereocenters. The smallest absolute Gasteiger partial charge is 0.165 e. The lowest BCUT2D eigenvalue weighted by molar-refractivity contribution is 1.20. The van der Waals surface area contributed by atoms with Crippen molar-refractivity contribution < 1.29 is 0 Å². The number of dihydropyridines is 1. The molecule has 0 aromatic rings.